The Morgan fingerprint density at radius 3 is 2.27 bits per heavy atom. The number of hydrogen-bond acceptors (Lipinski definition) is 5. The summed E-state index contributed by atoms with van der Waals surface area (Å²) in [5.41, 5.74) is 4.49. The van der Waals surface area contributed by atoms with Crippen LogP contribution in [0.1, 0.15) is 0 Å². The number of anilines is 2. The van der Waals surface area contributed by atoms with Gasteiger partial charge in [0.25, 0.3) is 0 Å². The first-order chi connectivity index (χ1) is 14.8. The summed E-state index contributed by atoms with van der Waals surface area (Å²) in [6.07, 6.45) is 1.90. The molecule has 1 aromatic heterocycles. The van der Waals surface area contributed by atoms with Gasteiger partial charge in [-0.1, -0.05) is 30.3 Å². The van der Waals surface area contributed by atoms with Gasteiger partial charge in [0.05, 0.1) is 12.6 Å². The molecule has 2 heterocycles. The Morgan fingerprint density at radius 2 is 1.50 bits per heavy atom. The second-order valence-corrected chi connectivity index (χ2v) is 7.47. The molecule has 3 aromatic carbocycles. The van der Waals surface area contributed by atoms with E-state index in [0.717, 1.165) is 54.2 Å². The number of fused-ring (bicyclic) bond motifs is 1. The van der Waals surface area contributed by atoms with E-state index in [2.05, 4.69) is 51.2 Å². The lowest BCUT2D eigenvalue weighted by molar-refractivity contribution is 0.415. The van der Waals surface area contributed by atoms with Crippen molar-refractivity contribution < 1.29 is 4.74 Å². The molecule has 150 valence electrons. The van der Waals surface area contributed by atoms with Gasteiger partial charge in [-0.2, -0.15) is 0 Å². The second kappa shape index (κ2) is 8.03. The average molecular weight is 396 g/mol. The lowest BCUT2D eigenvalue weighted by atomic mass is 10.1. The highest BCUT2D eigenvalue weighted by Crippen LogP contribution is 2.26. The highest BCUT2D eigenvalue weighted by atomic mass is 16.5. The molecule has 0 N–H and O–H groups in total. The standard InChI is InChI=1S/C25H24N4O/c1-30-23-11-9-21(10-12-23)28-13-15-29(16-14-28)22-7-4-6-19(17-22)25-26-18-20-5-2-3-8-24(20)27-25/h2-12,17-18H,13-16H2,1H3. The molecule has 0 bridgehead atoms. The lowest BCUT2D eigenvalue weighted by Crippen LogP contribution is -2.46. The molecule has 5 nitrogen and oxygen atoms in total. The Hall–Kier alpha value is -3.60. The Kier molecular flexibility index (Phi) is 4.93. The van der Waals surface area contributed by atoms with Crippen molar-refractivity contribution >= 4 is 22.3 Å². The van der Waals surface area contributed by atoms with Gasteiger partial charge in [-0.3, -0.25) is 0 Å². The zero-order valence-electron chi connectivity index (χ0n) is 17.0. The molecule has 0 spiro atoms. The molecule has 1 fully saturated rings. The number of aromatic nitrogens is 2. The maximum Gasteiger partial charge on any atom is 0.159 e. The Bertz CT molecular complexity index is 1150. The van der Waals surface area contributed by atoms with Gasteiger partial charge < -0.3 is 14.5 Å². The van der Waals surface area contributed by atoms with Crippen LogP contribution in [0.5, 0.6) is 5.75 Å². The third kappa shape index (κ3) is 3.66. The molecule has 0 aliphatic carbocycles. The van der Waals surface area contributed by atoms with Gasteiger partial charge in [0, 0.05) is 54.7 Å². The van der Waals surface area contributed by atoms with Crippen molar-refractivity contribution in [3.05, 3.63) is 79.0 Å². The molecule has 0 radical (unpaired) electrons. The second-order valence-electron chi connectivity index (χ2n) is 7.47. The summed E-state index contributed by atoms with van der Waals surface area (Å²) in [6, 6.07) is 25.0. The quantitative estimate of drug-likeness (QED) is 0.503. The number of piperazine rings is 1. The van der Waals surface area contributed by atoms with Gasteiger partial charge in [0.15, 0.2) is 5.82 Å². The Morgan fingerprint density at radius 1 is 0.767 bits per heavy atom. The minimum Gasteiger partial charge on any atom is -0.497 e. The molecule has 30 heavy (non-hydrogen) atoms. The SMILES string of the molecule is COc1ccc(N2CCN(c3cccc(-c4ncc5ccccc5n4)c3)CC2)cc1. The van der Waals surface area contributed by atoms with E-state index < -0.39 is 0 Å². The summed E-state index contributed by atoms with van der Waals surface area (Å²) < 4.78 is 5.27. The van der Waals surface area contributed by atoms with Crippen molar-refractivity contribution in [1.29, 1.82) is 0 Å². The fraction of sp³-hybridized carbons (Fsp3) is 0.200. The first kappa shape index (κ1) is 18.4. The Labute approximate surface area is 176 Å². The van der Waals surface area contributed by atoms with E-state index in [0.29, 0.717) is 0 Å². The van der Waals surface area contributed by atoms with Crippen molar-refractivity contribution in [1.82, 2.24) is 9.97 Å². The molecule has 5 heteroatoms. The maximum absolute atomic E-state index is 5.27. The van der Waals surface area contributed by atoms with Crippen molar-refractivity contribution in [3.63, 3.8) is 0 Å². The summed E-state index contributed by atoms with van der Waals surface area (Å²) in [7, 11) is 1.70. The van der Waals surface area contributed by atoms with Crippen LogP contribution in [0.2, 0.25) is 0 Å². The van der Waals surface area contributed by atoms with Gasteiger partial charge in [0.2, 0.25) is 0 Å². The smallest absolute Gasteiger partial charge is 0.159 e. The number of hydrogen-bond donors (Lipinski definition) is 0. The fourth-order valence-electron chi connectivity index (χ4n) is 3.97. The first-order valence-electron chi connectivity index (χ1n) is 10.3. The van der Waals surface area contributed by atoms with Crippen molar-refractivity contribution in [3.8, 4) is 17.1 Å². The minimum absolute atomic E-state index is 0.771. The third-order valence-corrected chi connectivity index (χ3v) is 5.68. The molecule has 1 aliphatic heterocycles. The van der Waals surface area contributed by atoms with Crippen LogP contribution in [0.3, 0.4) is 0 Å². The highest BCUT2D eigenvalue weighted by Gasteiger charge is 2.18. The monoisotopic (exact) mass is 396 g/mol. The van der Waals surface area contributed by atoms with Crippen LogP contribution in [-0.2, 0) is 0 Å². The van der Waals surface area contributed by atoms with E-state index in [1.54, 1.807) is 7.11 Å². The molecular formula is C25H24N4O. The fourth-order valence-corrected chi connectivity index (χ4v) is 3.97. The topological polar surface area (TPSA) is 41.5 Å². The zero-order chi connectivity index (χ0) is 20.3. The first-order valence-corrected chi connectivity index (χ1v) is 10.3. The van der Waals surface area contributed by atoms with E-state index in [1.165, 1.54) is 11.4 Å². The number of para-hydroxylation sites is 1. The van der Waals surface area contributed by atoms with Crippen molar-refractivity contribution in [2.24, 2.45) is 0 Å². The molecule has 0 unspecified atom stereocenters. The third-order valence-electron chi connectivity index (χ3n) is 5.68. The van der Waals surface area contributed by atoms with Crippen LogP contribution in [0.15, 0.2) is 79.0 Å². The zero-order valence-corrected chi connectivity index (χ0v) is 17.0. The van der Waals surface area contributed by atoms with Crippen LogP contribution in [-0.4, -0.2) is 43.3 Å². The number of nitrogens with zero attached hydrogens (tertiary/aromatic N) is 4. The number of ether oxygens (including phenoxy) is 1. The minimum atomic E-state index is 0.771. The largest absolute Gasteiger partial charge is 0.497 e. The normalized spacial score (nSPS) is 14.2. The van der Waals surface area contributed by atoms with Gasteiger partial charge in [-0.15, -0.1) is 0 Å². The van der Waals surface area contributed by atoms with Gasteiger partial charge in [-0.05, 0) is 42.5 Å². The van der Waals surface area contributed by atoms with Gasteiger partial charge in [0.1, 0.15) is 5.75 Å². The molecule has 4 aromatic rings. The summed E-state index contributed by atoms with van der Waals surface area (Å²) in [5, 5.41) is 1.06. The Balaban J connectivity index is 1.32. The van der Waals surface area contributed by atoms with Crippen LogP contribution in [0.25, 0.3) is 22.3 Å². The molecule has 0 saturated carbocycles. The van der Waals surface area contributed by atoms with Crippen molar-refractivity contribution in [2.75, 3.05) is 43.1 Å². The summed E-state index contributed by atoms with van der Waals surface area (Å²) in [5.74, 6) is 1.66. The van der Waals surface area contributed by atoms with Crippen LogP contribution in [0, 0.1) is 0 Å². The van der Waals surface area contributed by atoms with E-state index in [4.69, 9.17) is 9.72 Å². The van der Waals surface area contributed by atoms with E-state index in [-0.39, 0.29) is 0 Å². The predicted molar refractivity (Wildman–Crippen MR) is 122 cm³/mol. The lowest BCUT2D eigenvalue weighted by Gasteiger charge is -2.37. The van der Waals surface area contributed by atoms with Crippen molar-refractivity contribution in [2.45, 2.75) is 0 Å². The van der Waals surface area contributed by atoms with E-state index >= 15 is 0 Å². The summed E-state index contributed by atoms with van der Waals surface area (Å²) in [6.45, 7) is 3.94. The highest BCUT2D eigenvalue weighted by molar-refractivity contribution is 5.79. The maximum atomic E-state index is 5.27. The van der Waals surface area contributed by atoms with Crippen LogP contribution < -0.4 is 14.5 Å². The molecule has 1 saturated heterocycles. The van der Waals surface area contributed by atoms with Crippen LogP contribution in [0.4, 0.5) is 11.4 Å². The predicted octanol–water partition coefficient (Wildman–Crippen LogP) is 4.63. The molecule has 1 aliphatic rings. The van der Waals surface area contributed by atoms with E-state index in [9.17, 15) is 0 Å². The number of methoxy groups -OCH3 is 1. The van der Waals surface area contributed by atoms with Crippen LogP contribution >= 0.6 is 0 Å². The van der Waals surface area contributed by atoms with Gasteiger partial charge >= 0.3 is 0 Å². The summed E-state index contributed by atoms with van der Waals surface area (Å²) >= 11 is 0. The van der Waals surface area contributed by atoms with Gasteiger partial charge in [-0.25, -0.2) is 9.97 Å². The number of rotatable bonds is 4. The molecule has 5 rings (SSSR count). The average Bonchev–Trinajstić information content (AvgIpc) is 2.84. The van der Waals surface area contributed by atoms with E-state index in [1.807, 2.05) is 42.6 Å². The summed E-state index contributed by atoms with van der Waals surface area (Å²) in [4.78, 5) is 14.2. The molecule has 0 atom stereocenters. The molecular weight excluding hydrogens is 372 g/mol. The number of benzene rings is 3. The molecule has 0 amide bonds.